The van der Waals surface area contributed by atoms with Gasteiger partial charge < -0.3 is 5.73 Å². The van der Waals surface area contributed by atoms with E-state index in [1.54, 1.807) is 13.1 Å². The van der Waals surface area contributed by atoms with Crippen LogP contribution in [0, 0.1) is 12.7 Å². The van der Waals surface area contributed by atoms with Crippen molar-refractivity contribution in [2.24, 2.45) is 0 Å². The molecule has 0 aliphatic carbocycles. The first-order chi connectivity index (χ1) is 9.70. The summed E-state index contributed by atoms with van der Waals surface area (Å²) in [6.07, 6.45) is 1.66. The first-order valence-electron chi connectivity index (χ1n) is 5.90. The van der Waals surface area contributed by atoms with Gasteiger partial charge in [0.05, 0.1) is 6.04 Å². The molecule has 2 rings (SSSR count). The summed E-state index contributed by atoms with van der Waals surface area (Å²) in [4.78, 5) is 4.60. The Labute approximate surface area is 134 Å². The average Bonchev–Trinajstić information content (AvgIpc) is 2.80. The number of rotatable bonds is 4. The number of hydrogen-bond donors (Lipinski definition) is 2. The third-order valence-electron chi connectivity index (χ3n) is 2.68. The molecule has 0 amide bonds. The minimum absolute atomic E-state index is 0.148. The van der Waals surface area contributed by atoms with E-state index in [1.165, 1.54) is 11.3 Å². The van der Waals surface area contributed by atoms with Gasteiger partial charge in [-0.25, -0.2) is 22.5 Å². The number of nitrogens with two attached hydrogens (primary N) is 1. The predicted octanol–water partition coefficient (Wildman–Crippen LogP) is 2.97. The van der Waals surface area contributed by atoms with Crippen LogP contribution in [0.3, 0.4) is 0 Å². The second-order valence-electron chi connectivity index (χ2n) is 4.46. The van der Waals surface area contributed by atoms with Gasteiger partial charge in [0.15, 0.2) is 0 Å². The van der Waals surface area contributed by atoms with E-state index in [2.05, 4.69) is 25.6 Å². The summed E-state index contributed by atoms with van der Waals surface area (Å²) in [7, 11) is -4.03. The van der Waals surface area contributed by atoms with Crippen molar-refractivity contribution in [2.75, 3.05) is 5.73 Å². The SMILES string of the molecule is Cc1cnc(C(C)NS(=O)(=O)c2cc(N)c(Br)cc2F)s1. The van der Waals surface area contributed by atoms with Crippen LogP contribution >= 0.6 is 27.3 Å². The maximum atomic E-state index is 13.9. The molecule has 1 atom stereocenters. The van der Waals surface area contributed by atoms with Crippen LogP contribution in [0.4, 0.5) is 10.1 Å². The smallest absolute Gasteiger partial charge is 0.244 e. The standard InChI is InChI=1S/C12H13BrFN3O2S2/c1-6-5-16-12(20-6)7(2)17-21(18,19)11-4-10(15)8(13)3-9(11)14/h3-5,7,17H,15H2,1-2H3. The van der Waals surface area contributed by atoms with E-state index in [0.29, 0.717) is 9.48 Å². The van der Waals surface area contributed by atoms with Crippen LogP contribution in [-0.2, 0) is 10.0 Å². The summed E-state index contributed by atoms with van der Waals surface area (Å²) in [6, 6.07) is 1.56. The van der Waals surface area contributed by atoms with Crippen LogP contribution in [0.15, 0.2) is 27.7 Å². The number of thiazole rings is 1. The first-order valence-corrected chi connectivity index (χ1v) is 8.99. The van der Waals surface area contributed by atoms with E-state index in [-0.39, 0.29) is 5.69 Å². The first kappa shape index (κ1) is 16.3. The van der Waals surface area contributed by atoms with Gasteiger partial charge in [0, 0.05) is 21.2 Å². The molecule has 1 aromatic carbocycles. The minimum Gasteiger partial charge on any atom is -0.398 e. The number of nitrogen functional groups attached to an aromatic ring is 1. The van der Waals surface area contributed by atoms with Gasteiger partial charge >= 0.3 is 0 Å². The number of aromatic nitrogens is 1. The number of nitrogens with one attached hydrogen (secondary N) is 1. The number of hydrogen-bond acceptors (Lipinski definition) is 5. The molecule has 5 nitrogen and oxygen atoms in total. The number of benzene rings is 1. The molecule has 0 saturated carbocycles. The average molecular weight is 394 g/mol. The lowest BCUT2D eigenvalue weighted by Crippen LogP contribution is -2.27. The number of anilines is 1. The van der Waals surface area contributed by atoms with Gasteiger partial charge in [-0.3, -0.25) is 0 Å². The van der Waals surface area contributed by atoms with Crippen LogP contribution in [0.5, 0.6) is 0 Å². The highest BCUT2D eigenvalue weighted by molar-refractivity contribution is 9.10. The van der Waals surface area contributed by atoms with Gasteiger partial charge in [-0.15, -0.1) is 11.3 Å². The second-order valence-corrected chi connectivity index (χ2v) is 8.26. The highest BCUT2D eigenvalue weighted by Gasteiger charge is 2.24. The molecule has 0 spiro atoms. The largest absolute Gasteiger partial charge is 0.398 e. The van der Waals surface area contributed by atoms with E-state index in [0.717, 1.165) is 17.0 Å². The number of nitrogens with zero attached hydrogens (tertiary/aromatic N) is 1. The molecule has 0 fully saturated rings. The zero-order chi connectivity index (χ0) is 15.8. The Kier molecular flexibility index (Phi) is 4.66. The van der Waals surface area contributed by atoms with E-state index in [1.807, 2.05) is 6.92 Å². The maximum absolute atomic E-state index is 13.9. The Balaban J connectivity index is 2.32. The van der Waals surface area contributed by atoms with Crippen molar-refractivity contribution in [3.05, 3.63) is 38.5 Å². The molecule has 21 heavy (non-hydrogen) atoms. The molecule has 1 aromatic heterocycles. The van der Waals surface area contributed by atoms with Gasteiger partial charge in [-0.2, -0.15) is 0 Å². The van der Waals surface area contributed by atoms with Crippen LogP contribution in [0.25, 0.3) is 0 Å². The second kappa shape index (κ2) is 5.99. The molecular formula is C12H13BrFN3O2S2. The van der Waals surface area contributed by atoms with Crippen molar-refractivity contribution in [1.29, 1.82) is 0 Å². The maximum Gasteiger partial charge on any atom is 0.244 e. The molecule has 0 bridgehead atoms. The highest BCUT2D eigenvalue weighted by atomic mass is 79.9. The Morgan fingerprint density at radius 1 is 1.48 bits per heavy atom. The zero-order valence-electron chi connectivity index (χ0n) is 11.2. The summed E-state index contributed by atoms with van der Waals surface area (Å²) in [5, 5.41) is 0.613. The summed E-state index contributed by atoms with van der Waals surface area (Å²) in [6.45, 7) is 3.52. The van der Waals surface area contributed by atoms with Crippen molar-refractivity contribution < 1.29 is 12.8 Å². The fraction of sp³-hybridized carbons (Fsp3) is 0.250. The quantitative estimate of drug-likeness (QED) is 0.781. The van der Waals surface area contributed by atoms with Crippen LogP contribution in [0.2, 0.25) is 0 Å². The minimum atomic E-state index is -4.03. The fourth-order valence-corrected chi connectivity index (χ4v) is 4.14. The van der Waals surface area contributed by atoms with E-state index >= 15 is 0 Å². The van der Waals surface area contributed by atoms with Crippen molar-refractivity contribution in [1.82, 2.24) is 9.71 Å². The summed E-state index contributed by atoms with van der Waals surface area (Å²) in [5.74, 6) is -0.869. The van der Waals surface area contributed by atoms with E-state index < -0.39 is 26.8 Å². The van der Waals surface area contributed by atoms with Crippen LogP contribution < -0.4 is 10.5 Å². The number of halogens is 2. The molecule has 2 aromatic rings. The molecule has 9 heteroatoms. The van der Waals surface area contributed by atoms with Gasteiger partial charge in [-0.1, -0.05) is 0 Å². The van der Waals surface area contributed by atoms with Crippen molar-refractivity contribution in [3.63, 3.8) is 0 Å². The molecule has 0 radical (unpaired) electrons. The number of sulfonamides is 1. The van der Waals surface area contributed by atoms with Gasteiger partial charge in [0.1, 0.15) is 15.7 Å². The monoisotopic (exact) mass is 393 g/mol. The van der Waals surface area contributed by atoms with Gasteiger partial charge in [0.25, 0.3) is 0 Å². The highest BCUT2D eigenvalue weighted by Crippen LogP contribution is 2.27. The molecule has 114 valence electrons. The summed E-state index contributed by atoms with van der Waals surface area (Å²) < 4.78 is 41.1. The lowest BCUT2D eigenvalue weighted by molar-refractivity contribution is 0.546. The molecule has 0 aliphatic rings. The van der Waals surface area contributed by atoms with Gasteiger partial charge in [0.2, 0.25) is 10.0 Å². The zero-order valence-corrected chi connectivity index (χ0v) is 14.4. The molecule has 0 saturated heterocycles. The van der Waals surface area contributed by atoms with Crippen LogP contribution in [0.1, 0.15) is 22.9 Å². The summed E-state index contributed by atoms with van der Waals surface area (Å²) in [5.41, 5.74) is 5.76. The molecule has 0 aliphatic heterocycles. The lowest BCUT2D eigenvalue weighted by atomic mass is 10.3. The lowest BCUT2D eigenvalue weighted by Gasteiger charge is -2.13. The fourth-order valence-electron chi connectivity index (χ4n) is 1.67. The molecule has 1 heterocycles. The molecular weight excluding hydrogens is 381 g/mol. The Hall–Kier alpha value is -1.03. The summed E-state index contributed by atoms with van der Waals surface area (Å²) >= 11 is 4.43. The molecule has 1 unspecified atom stereocenters. The normalized spacial score (nSPS) is 13.3. The van der Waals surface area contributed by atoms with Crippen molar-refractivity contribution >= 4 is 43.0 Å². The Morgan fingerprint density at radius 3 is 2.71 bits per heavy atom. The third kappa shape index (κ3) is 3.60. The Morgan fingerprint density at radius 2 is 2.14 bits per heavy atom. The van der Waals surface area contributed by atoms with Crippen LogP contribution in [-0.4, -0.2) is 13.4 Å². The van der Waals surface area contributed by atoms with Gasteiger partial charge in [-0.05, 0) is 41.9 Å². The topological polar surface area (TPSA) is 85.1 Å². The van der Waals surface area contributed by atoms with E-state index in [9.17, 15) is 12.8 Å². The van der Waals surface area contributed by atoms with E-state index in [4.69, 9.17) is 5.73 Å². The Bertz CT molecular complexity index is 777. The number of aryl methyl sites for hydroxylation is 1. The van der Waals surface area contributed by atoms with Crippen molar-refractivity contribution in [2.45, 2.75) is 24.8 Å². The molecule has 3 N–H and O–H groups in total. The predicted molar refractivity (Wildman–Crippen MR) is 84.1 cm³/mol. The third-order valence-corrected chi connectivity index (χ3v) is 6.02. The van der Waals surface area contributed by atoms with Crippen molar-refractivity contribution in [3.8, 4) is 0 Å².